The van der Waals surface area contributed by atoms with E-state index in [0.29, 0.717) is 0 Å². The largest absolute Gasteiger partial charge is 0.399 e. The van der Waals surface area contributed by atoms with Crippen LogP contribution in [-0.2, 0) is 23.7 Å². The molecular formula is C32H28N4O. The van der Waals surface area contributed by atoms with Crippen LogP contribution in [0.15, 0.2) is 90.5 Å². The first-order valence-corrected chi connectivity index (χ1v) is 12.7. The van der Waals surface area contributed by atoms with Gasteiger partial charge in [0.25, 0.3) is 0 Å². The average molecular weight is 485 g/mol. The fourth-order valence-corrected chi connectivity index (χ4v) is 6.50. The highest BCUT2D eigenvalue weighted by Gasteiger charge is 2.54. The van der Waals surface area contributed by atoms with Gasteiger partial charge in [-0.2, -0.15) is 10.4 Å². The van der Waals surface area contributed by atoms with Crippen molar-refractivity contribution in [3.05, 3.63) is 107 Å². The van der Waals surface area contributed by atoms with Crippen molar-refractivity contribution < 1.29 is 4.79 Å². The molecule has 2 aliphatic rings. The van der Waals surface area contributed by atoms with E-state index in [1.807, 2.05) is 67.2 Å². The lowest BCUT2D eigenvalue weighted by molar-refractivity contribution is -0.121. The summed E-state index contributed by atoms with van der Waals surface area (Å²) in [6, 6.07) is 28.9. The van der Waals surface area contributed by atoms with Crippen LogP contribution in [0.3, 0.4) is 0 Å². The second kappa shape index (κ2) is 8.60. The quantitative estimate of drug-likeness (QED) is 0.370. The molecule has 0 fully saturated rings. The Hall–Kier alpha value is -4.43. The molecule has 1 heterocycles. The molecule has 37 heavy (non-hydrogen) atoms. The number of nitriles is 1. The number of carbonyl (C=O) groups is 1. The molecule has 0 spiro atoms. The Labute approximate surface area is 216 Å². The predicted molar refractivity (Wildman–Crippen MR) is 145 cm³/mol. The van der Waals surface area contributed by atoms with Gasteiger partial charge in [0.1, 0.15) is 6.07 Å². The van der Waals surface area contributed by atoms with Crippen LogP contribution in [0, 0.1) is 23.2 Å². The summed E-state index contributed by atoms with van der Waals surface area (Å²) in [5.41, 5.74) is 13.9. The number of Topliss-reactive ketones (excluding diaryl/α,β-unsaturated/α-hetero) is 1. The van der Waals surface area contributed by atoms with E-state index in [2.05, 4.69) is 42.5 Å². The number of allylic oxidation sites excluding steroid dienone is 2. The van der Waals surface area contributed by atoms with Crippen molar-refractivity contribution in [3.63, 3.8) is 0 Å². The zero-order valence-electron chi connectivity index (χ0n) is 21.0. The van der Waals surface area contributed by atoms with Gasteiger partial charge in [-0.3, -0.25) is 9.48 Å². The van der Waals surface area contributed by atoms with Gasteiger partial charge in [-0.05, 0) is 59.7 Å². The third-order valence-corrected chi connectivity index (χ3v) is 8.23. The van der Waals surface area contributed by atoms with Crippen LogP contribution in [0.2, 0.25) is 0 Å². The standard InChI is InChI=1S/C32H28N4O/c1-20-28-16-15-27-29(23-8-6-7-22(17-23)21-11-13-26(34)14-12-21)36(2)35-31(27)32(28,18-24(19-33)30(20)37)25-9-4-3-5-10-25/h3-14,17-18,20,28H,15-16,34H2,1-2H3/t20-,28-,32+/m0/s1. The molecular weight excluding hydrogens is 456 g/mol. The number of hydrogen-bond acceptors (Lipinski definition) is 4. The minimum Gasteiger partial charge on any atom is -0.399 e. The Kier molecular flexibility index (Phi) is 5.35. The Balaban J connectivity index is 1.58. The van der Waals surface area contributed by atoms with Crippen molar-refractivity contribution in [1.29, 1.82) is 5.26 Å². The number of fused-ring (bicyclic) bond motifs is 3. The zero-order chi connectivity index (χ0) is 25.7. The maximum Gasteiger partial charge on any atom is 0.176 e. The van der Waals surface area contributed by atoms with Gasteiger partial charge in [0.15, 0.2) is 5.78 Å². The fraction of sp³-hybridized carbons (Fsp3) is 0.219. The summed E-state index contributed by atoms with van der Waals surface area (Å²) in [6.07, 6.45) is 3.59. The lowest BCUT2D eigenvalue weighted by atomic mass is 9.54. The molecule has 0 amide bonds. The SMILES string of the molecule is C[C@@H]1C(=O)C(C#N)=C[C@]2(c3ccccc3)c3nn(C)c(-c4cccc(-c5ccc(N)cc5)c4)c3CC[C@@H]12. The number of nitrogens with zero attached hydrogens (tertiary/aromatic N) is 3. The molecule has 3 aromatic carbocycles. The zero-order valence-corrected chi connectivity index (χ0v) is 21.0. The highest BCUT2D eigenvalue weighted by Crippen LogP contribution is 2.54. The number of aromatic nitrogens is 2. The number of benzene rings is 3. The Morgan fingerprint density at radius 2 is 1.73 bits per heavy atom. The molecule has 4 aromatic rings. The Bertz CT molecular complexity index is 1590. The molecule has 0 bridgehead atoms. The molecule has 1 aromatic heterocycles. The summed E-state index contributed by atoms with van der Waals surface area (Å²) in [4.78, 5) is 13.1. The highest BCUT2D eigenvalue weighted by molar-refractivity contribution is 6.02. The monoisotopic (exact) mass is 484 g/mol. The molecule has 0 saturated carbocycles. The number of anilines is 1. The highest BCUT2D eigenvalue weighted by atomic mass is 16.1. The third-order valence-electron chi connectivity index (χ3n) is 8.23. The van der Waals surface area contributed by atoms with Gasteiger partial charge in [0.05, 0.1) is 22.4 Å². The first-order valence-electron chi connectivity index (χ1n) is 12.7. The van der Waals surface area contributed by atoms with Crippen LogP contribution >= 0.6 is 0 Å². The van der Waals surface area contributed by atoms with Crippen LogP contribution < -0.4 is 5.73 Å². The number of ketones is 1. The summed E-state index contributed by atoms with van der Waals surface area (Å²) in [5, 5.41) is 15.0. The summed E-state index contributed by atoms with van der Waals surface area (Å²) in [7, 11) is 1.99. The molecule has 0 radical (unpaired) electrons. The fourth-order valence-electron chi connectivity index (χ4n) is 6.50. The van der Waals surface area contributed by atoms with Crippen LogP contribution in [0.4, 0.5) is 5.69 Å². The van der Waals surface area contributed by atoms with Crippen LogP contribution in [0.25, 0.3) is 22.4 Å². The first-order chi connectivity index (χ1) is 17.9. The molecule has 2 aliphatic carbocycles. The van der Waals surface area contributed by atoms with Gasteiger partial charge in [-0.25, -0.2) is 0 Å². The number of hydrogen-bond donors (Lipinski definition) is 1. The average Bonchev–Trinajstić information content (AvgIpc) is 3.28. The topological polar surface area (TPSA) is 84.7 Å². The molecule has 0 unspecified atom stereocenters. The van der Waals surface area contributed by atoms with E-state index >= 15 is 0 Å². The van der Waals surface area contributed by atoms with Gasteiger partial charge in [0, 0.05) is 29.8 Å². The third kappa shape index (κ3) is 3.44. The smallest absolute Gasteiger partial charge is 0.176 e. The van der Waals surface area contributed by atoms with E-state index in [1.165, 1.54) is 5.56 Å². The van der Waals surface area contributed by atoms with Crippen molar-refractivity contribution in [2.24, 2.45) is 18.9 Å². The molecule has 6 rings (SSSR count). The van der Waals surface area contributed by atoms with Crippen molar-refractivity contribution >= 4 is 11.5 Å². The van der Waals surface area contributed by atoms with E-state index in [-0.39, 0.29) is 23.2 Å². The summed E-state index contributed by atoms with van der Waals surface area (Å²) in [6.45, 7) is 1.97. The van der Waals surface area contributed by atoms with Gasteiger partial charge in [-0.1, -0.05) is 67.6 Å². The van der Waals surface area contributed by atoms with Crippen LogP contribution in [0.5, 0.6) is 0 Å². The molecule has 3 atom stereocenters. The van der Waals surface area contributed by atoms with E-state index in [9.17, 15) is 10.1 Å². The van der Waals surface area contributed by atoms with Gasteiger partial charge in [-0.15, -0.1) is 0 Å². The van der Waals surface area contributed by atoms with E-state index in [1.54, 1.807) is 0 Å². The molecule has 0 saturated heterocycles. The maximum atomic E-state index is 13.1. The van der Waals surface area contributed by atoms with E-state index in [0.717, 1.165) is 52.2 Å². The van der Waals surface area contributed by atoms with E-state index in [4.69, 9.17) is 10.8 Å². The Morgan fingerprint density at radius 1 is 1.00 bits per heavy atom. The maximum absolute atomic E-state index is 13.1. The van der Waals surface area contributed by atoms with E-state index < -0.39 is 5.41 Å². The summed E-state index contributed by atoms with van der Waals surface area (Å²) < 4.78 is 1.97. The number of nitrogens with two attached hydrogens (primary N) is 1. The number of carbonyl (C=O) groups excluding carboxylic acids is 1. The van der Waals surface area contributed by atoms with Gasteiger partial charge >= 0.3 is 0 Å². The Morgan fingerprint density at radius 3 is 2.46 bits per heavy atom. The predicted octanol–water partition coefficient (Wildman–Crippen LogP) is 5.85. The van der Waals surface area contributed by atoms with Crippen molar-refractivity contribution in [2.45, 2.75) is 25.2 Å². The lowest BCUT2D eigenvalue weighted by Gasteiger charge is -2.47. The number of nitrogen functional groups attached to an aromatic ring is 1. The van der Waals surface area contributed by atoms with Crippen LogP contribution in [0.1, 0.15) is 30.2 Å². The second-order valence-electron chi connectivity index (χ2n) is 10.2. The van der Waals surface area contributed by atoms with Crippen molar-refractivity contribution in [1.82, 2.24) is 9.78 Å². The van der Waals surface area contributed by atoms with Gasteiger partial charge < -0.3 is 5.73 Å². The first kappa shape index (κ1) is 23.0. The molecule has 5 nitrogen and oxygen atoms in total. The lowest BCUT2D eigenvalue weighted by Crippen LogP contribution is -2.48. The minimum absolute atomic E-state index is 0.0378. The molecule has 5 heteroatoms. The molecule has 182 valence electrons. The van der Waals surface area contributed by atoms with Crippen molar-refractivity contribution in [2.75, 3.05) is 5.73 Å². The number of rotatable bonds is 3. The summed E-state index contributed by atoms with van der Waals surface area (Å²) >= 11 is 0. The van der Waals surface area contributed by atoms with Crippen LogP contribution in [-0.4, -0.2) is 15.6 Å². The second-order valence-corrected chi connectivity index (χ2v) is 10.2. The van der Waals surface area contributed by atoms with Crippen molar-refractivity contribution in [3.8, 4) is 28.5 Å². The minimum atomic E-state index is -0.627. The summed E-state index contributed by atoms with van der Waals surface area (Å²) in [5.74, 6) is -0.280. The molecule has 2 N–H and O–H groups in total. The number of aryl methyl sites for hydroxylation is 1. The normalized spacial score (nSPS) is 22.5. The van der Waals surface area contributed by atoms with Gasteiger partial charge in [0.2, 0.25) is 0 Å². The molecule has 0 aliphatic heterocycles.